The SMILES string of the molecule is OC[C@@H](O)[C@H](O)[C@@H]1NC[C@H](O)[C@H](O)[C@@H]1O. The molecule has 90 valence electrons. The largest absolute Gasteiger partial charge is 0.394 e. The fourth-order valence-electron chi connectivity index (χ4n) is 1.61. The second-order valence-electron chi connectivity index (χ2n) is 3.72. The highest BCUT2D eigenvalue weighted by Crippen LogP contribution is 2.15. The van der Waals surface area contributed by atoms with Gasteiger partial charge in [0.15, 0.2) is 0 Å². The second-order valence-corrected chi connectivity index (χ2v) is 3.72. The first-order chi connectivity index (χ1) is 6.99. The lowest BCUT2D eigenvalue weighted by atomic mass is 9.90. The summed E-state index contributed by atoms with van der Waals surface area (Å²) in [5.74, 6) is 0. The maximum atomic E-state index is 9.50. The zero-order valence-electron chi connectivity index (χ0n) is 8.06. The van der Waals surface area contributed by atoms with Crippen molar-refractivity contribution >= 4 is 0 Å². The molecule has 0 unspecified atom stereocenters. The summed E-state index contributed by atoms with van der Waals surface area (Å²) < 4.78 is 0. The molecule has 7 N–H and O–H groups in total. The molecule has 1 rings (SSSR count). The topological polar surface area (TPSA) is 133 Å². The molecule has 1 aliphatic heterocycles. The standard InChI is InChI=1S/C8H17NO6/c10-2-4(12)6(13)5-8(15)7(14)3(11)1-9-5/h3-15H,1-2H2/t3-,4+,5-,6-,7-,8+/m0/s1. The van der Waals surface area contributed by atoms with Crippen molar-refractivity contribution in [2.45, 2.75) is 36.6 Å². The Kier molecular flexibility index (Phi) is 4.41. The van der Waals surface area contributed by atoms with E-state index in [0.29, 0.717) is 0 Å². The summed E-state index contributed by atoms with van der Waals surface area (Å²) in [7, 11) is 0. The molecular formula is C8H17NO6. The smallest absolute Gasteiger partial charge is 0.109 e. The minimum absolute atomic E-state index is 0.00188. The molecule has 1 aliphatic rings. The molecule has 1 saturated heterocycles. The highest BCUT2D eigenvalue weighted by molar-refractivity contribution is 4.97. The van der Waals surface area contributed by atoms with Gasteiger partial charge in [-0.25, -0.2) is 0 Å². The molecule has 1 fully saturated rings. The Morgan fingerprint density at radius 3 is 2.27 bits per heavy atom. The van der Waals surface area contributed by atoms with Crippen molar-refractivity contribution in [3.05, 3.63) is 0 Å². The summed E-state index contributed by atoms with van der Waals surface area (Å²) in [5, 5.41) is 57.8. The van der Waals surface area contributed by atoms with Crippen molar-refractivity contribution in [1.29, 1.82) is 0 Å². The van der Waals surface area contributed by atoms with Crippen LogP contribution in [0.15, 0.2) is 0 Å². The molecule has 0 saturated carbocycles. The molecule has 0 amide bonds. The number of β-amino-alcohol motifs (C(OH)–C–C–N with tert-alkyl or cyclic N) is 1. The van der Waals surface area contributed by atoms with Gasteiger partial charge < -0.3 is 36.0 Å². The van der Waals surface area contributed by atoms with Gasteiger partial charge in [-0.05, 0) is 0 Å². The molecule has 7 nitrogen and oxygen atoms in total. The fourth-order valence-corrected chi connectivity index (χ4v) is 1.61. The highest BCUT2D eigenvalue weighted by atomic mass is 16.4. The van der Waals surface area contributed by atoms with Crippen molar-refractivity contribution in [1.82, 2.24) is 5.32 Å². The Morgan fingerprint density at radius 2 is 1.73 bits per heavy atom. The van der Waals surface area contributed by atoms with Crippen molar-refractivity contribution in [2.75, 3.05) is 13.2 Å². The van der Waals surface area contributed by atoms with Gasteiger partial charge in [0.05, 0.1) is 18.8 Å². The van der Waals surface area contributed by atoms with Gasteiger partial charge >= 0.3 is 0 Å². The average molecular weight is 223 g/mol. The minimum Gasteiger partial charge on any atom is -0.394 e. The van der Waals surface area contributed by atoms with Gasteiger partial charge in [-0.3, -0.25) is 0 Å². The number of nitrogens with one attached hydrogen (secondary N) is 1. The molecule has 6 atom stereocenters. The Hall–Kier alpha value is -0.280. The van der Waals surface area contributed by atoms with Gasteiger partial charge in [0.1, 0.15) is 24.4 Å². The Balaban J connectivity index is 2.62. The molecule has 0 aromatic carbocycles. The number of hydrogen-bond donors (Lipinski definition) is 7. The predicted molar refractivity (Wildman–Crippen MR) is 48.9 cm³/mol. The monoisotopic (exact) mass is 223 g/mol. The zero-order valence-corrected chi connectivity index (χ0v) is 8.06. The van der Waals surface area contributed by atoms with E-state index in [1.54, 1.807) is 0 Å². The van der Waals surface area contributed by atoms with Gasteiger partial charge in [0.25, 0.3) is 0 Å². The lowest BCUT2D eigenvalue weighted by Gasteiger charge is -2.39. The van der Waals surface area contributed by atoms with E-state index in [2.05, 4.69) is 5.32 Å². The van der Waals surface area contributed by atoms with Crippen molar-refractivity contribution in [3.8, 4) is 0 Å². The molecule has 0 aromatic heterocycles. The van der Waals surface area contributed by atoms with E-state index in [0.717, 1.165) is 0 Å². The maximum absolute atomic E-state index is 9.50. The first-order valence-corrected chi connectivity index (χ1v) is 4.73. The van der Waals surface area contributed by atoms with Crippen LogP contribution in [0.2, 0.25) is 0 Å². The van der Waals surface area contributed by atoms with Crippen LogP contribution in [0, 0.1) is 0 Å². The number of hydrogen-bond acceptors (Lipinski definition) is 7. The van der Waals surface area contributed by atoms with Crippen LogP contribution in [0.25, 0.3) is 0 Å². The van der Waals surface area contributed by atoms with E-state index < -0.39 is 43.2 Å². The average Bonchev–Trinajstić information content (AvgIpc) is 2.24. The zero-order chi connectivity index (χ0) is 11.6. The van der Waals surface area contributed by atoms with Gasteiger partial charge in [-0.1, -0.05) is 0 Å². The van der Waals surface area contributed by atoms with Gasteiger partial charge in [0.2, 0.25) is 0 Å². The molecule has 1 heterocycles. The summed E-state index contributed by atoms with van der Waals surface area (Å²) in [5.41, 5.74) is 0. The van der Waals surface area contributed by atoms with E-state index in [-0.39, 0.29) is 6.54 Å². The molecule has 0 radical (unpaired) electrons. The van der Waals surface area contributed by atoms with Crippen LogP contribution in [-0.2, 0) is 0 Å². The second kappa shape index (κ2) is 5.17. The van der Waals surface area contributed by atoms with E-state index >= 15 is 0 Å². The molecule has 15 heavy (non-hydrogen) atoms. The molecule has 7 heteroatoms. The van der Waals surface area contributed by atoms with Gasteiger partial charge in [-0.2, -0.15) is 0 Å². The molecule has 0 bridgehead atoms. The number of aliphatic hydroxyl groups excluding tert-OH is 6. The summed E-state index contributed by atoms with van der Waals surface area (Å²) in [4.78, 5) is 0. The number of rotatable bonds is 3. The highest BCUT2D eigenvalue weighted by Gasteiger charge is 2.41. The molecule has 0 aliphatic carbocycles. The van der Waals surface area contributed by atoms with Crippen molar-refractivity contribution in [3.63, 3.8) is 0 Å². The van der Waals surface area contributed by atoms with Gasteiger partial charge in [0, 0.05) is 6.54 Å². The predicted octanol–water partition coefficient (Wildman–Crippen LogP) is -4.24. The van der Waals surface area contributed by atoms with Crippen LogP contribution >= 0.6 is 0 Å². The third kappa shape index (κ3) is 2.64. The lowest BCUT2D eigenvalue weighted by molar-refractivity contribution is -0.132. The van der Waals surface area contributed by atoms with Crippen molar-refractivity contribution < 1.29 is 30.6 Å². The van der Waals surface area contributed by atoms with Crippen LogP contribution in [0.4, 0.5) is 0 Å². The van der Waals surface area contributed by atoms with E-state index in [1.807, 2.05) is 0 Å². The van der Waals surface area contributed by atoms with Crippen LogP contribution in [0.5, 0.6) is 0 Å². The van der Waals surface area contributed by atoms with Crippen LogP contribution in [0.1, 0.15) is 0 Å². The Labute approximate surface area is 86.6 Å². The van der Waals surface area contributed by atoms with Crippen LogP contribution in [-0.4, -0.2) is 80.4 Å². The first kappa shape index (κ1) is 12.8. The Morgan fingerprint density at radius 1 is 1.13 bits per heavy atom. The first-order valence-electron chi connectivity index (χ1n) is 4.73. The third-order valence-electron chi connectivity index (χ3n) is 2.62. The number of aliphatic hydroxyl groups is 6. The molecule has 0 spiro atoms. The van der Waals surface area contributed by atoms with Crippen molar-refractivity contribution in [2.24, 2.45) is 0 Å². The fraction of sp³-hybridized carbons (Fsp3) is 1.00. The lowest BCUT2D eigenvalue weighted by Crippen LogP contribution is -2.65. The number of piperidine rings is 1. The summed E-state index contributed by atoms with van der Waals surface area (Å²) in [6, 6.07) is -0.981. The van der Waals surface area contributed by atoms with Gasteiger partial charge in [-0.15, -0.1) is 0 Å². The molecular weight excluding hydrogens is 206 g/mol. The van der Waals surface area contributed by atoms with E-state index in [9.17, 15) is 20.4 Å². The Bertz CT molecular complexity index is 200. The molecule has 0 aromatic rings. The summed E-state index contributed by atoms with van der Waals surface area (Å²) in [6.45, 7) is -0.650. The van der Waals surface area contributed by atoms with E-state index in [1.165, 1.54) is 0 Å². The minimum atomic E-state index is -1.41. The summed E-state index contributed by atoms with van der Waals surface area (Å²) in [6.07, 6.45) is -6.71. The maximum Gasteiger partial charge on any atom is 0.109 e. The summed E-state index contributed by atoms with van der Waals surface area (Å²) >= 11 is 0. The van der Waals surface area contributed by atoms with Crippen LogP contribution < -0.4 is 5.32 Å². The normalized spacial score (nSPS) is 41.2. The quantitative estimate of drug-likeness (QED) is 0.258. The van der Waals surface area contributed by atoms with E-state index in [4.69, 9.17) is 10.2 Å². The van der Waals surface area contributed by atoms with Crippen LogP contribution in [0.3, 0.4) is 0 Å². The third-order valence-corrected chi connectivity index (χ3v) is 2.62.